The van der Waals surface area contributed by atoms with E-state index in [1.54, 1.807) is 0 Å². The molecule has 2 atom stereocenters. The third-order valence-electron chi connectivity index (χ3n) is 4.14. The van der Waals surface area contributed by atoms with E-state index in [2.05, 4.69) is 56.2 Å². The van der Waals surface area contributed by atoms with E-state index < -0.39 is 0 Å². The molecule has 3 heterocycles. The Balaban J connectivity index is 0.000000665. The number of aliphatic imine (C=N–C) groups is 2. The number of allylic oxidation sites excluding steroid dienone is 2. The van der Waals surface area contributed by atoms with Crippen molar-refractivity contribution in [1.82, 2.24) is 5.32 Å². The second-order valence-electron chi connectivity index (χ2n) is 6.64. The molecule has 152 valence electrons. The summed E-state index contributed by atoms with van der Waals surface area (Å²) < 4.78 is 11.5. The van der Waals surface area contributed by atoms with Crippen LogP contribution in [0, 0.1) is 24.5 Å². The summed E-state index contributed by atoms with van der Waals surface area (Å²) in [5.41, 5.74) is 0.875. The molecule has 5 nitrogen and oxygen atoms in total. The van der Waals surface area contributed by atoms with Gasteiger partial charge in [0.15, 0.2) is 0 Å². The molecule has 0 amide bonds. The molecule has 0 fully saturated rings. The normalized spacial score (nSPS) is 23.1. The van der Waals surface area contributed by atoms with Crippen LogP contribution in [0.3, 0.4) is 0 Å². The molecule has 3 aliphatic rings. The van der Waals surface area contributed by atoms with Gasteiger partial charge in [-0.3, -0.25) is 11.6 Å². The maximum atomic E-state index is 5.73. The molecule has 0 aromatic rings. The van der Waals surface area contributed by atoms with Gasteiger partial charge in [-0.25, -0.2) is 11.1 Å². The van der Waals surface area contributed by atoms with Crippen molar-refractivity contribution < 1.29 is 24.6 Å². The van der Waals surface area contributed by atoms with E-state index in [1.165, 1.54) is 0 Å². The van der Waals surface area contributed by atoms with Gasteiger partial charge in [-0.05, 0) is 11.8 Å². The van der Waals surface area contributed by atoms with E-state index in [0.29, 0.717) is 36.8 Å². The molecule has 0 spiro atoms. The molecule has 1 N–H and O–H groups in total. The Morgan fingerprint density at radius 3 is 2.22 bits per heavy atom. The van der Waals surface area contributed by atoms with E-state index in [9.17, 15) is 0 Å². The Bertz CT molecular complexity index is 592. The molecule has 8 heteroatoms. The van der Waals surface area contributed by atoms with Gasteiger partial charge in [0.05, 0.1) is 17.8 Å². The van der Waals surface area contributed by atoms with Crippen molar-refractivity contribution >= 4 is 31.2 Å². The standard InChI is InChI=1S/C17H24N3O2.C2H3.2ClH.Ru/c1-10(2)14-8-21-16(19-14)12-6-5-7-13(18-12)17-20-15(9-22-17)11(3)4;1-2;;;/h5-7,10-11,14-15,18H,8-9H2,1-4H3;1H,2H2;2*1H;/q2*-1;;;+4/p-2/t14-,15-;;;;/m0..../s1. The fraction of sp³-hybridized carbons (Fsp3) is 0.526. The molecule has 0 saturated heterocycles. The first-order valence-corrected chi connectivity index (χ1v) is 13.1. The Labute approximate surface area is 178 Å². The summed E-state index contributed by atoms with van der Waals surface area (Å²) in [6.45, 7) is 16.9. The predicted octanol–water partition coefficient (Wildman–Crippen LogP) is 4.45. The van der Waals surface area contributed by atoms with E-state index in [-0.39, 0.29) is 27.2 Å². The molecule has 0 saturated carbocycles. The molecule has 0 aliphatic carbocycles. The SMILES string of the molecule is CC(C)[C@@H]1COC(C2=CC=C[C-](C3=N[C@H](C(C)C)CO3)N2)=N1.[CH-]=C.[Cl][Ru+2][Cl]. The van der Waals surface area contributed by atoms with Gasteiger partial charge in [-0.2, -0.15) is 6.08 Å². The topological polar surface area (TPSA) is 55.2 Å². The second-order valence-corrected chi connectivity index (χ2v) is 9.28. The number of hydrogen-bond donors (Lipinski definition) is 1. The number of hydrogen-bond acceptors (Lipinski definition) is 5. The van der Waals surface area contributed by atoms with Crippen LogP contribution >= 0.6 is 19.4 Å². The van der Waals surface area contributed by atoms with Gasteiger partial charge in [0.1, 0.15) is 19.1 Å². The van der Waals surface area contributed by atoms with Crippen LogP contribution in [0.25, 0.3) is 0 Å². The third-order valence-corrected chi connectivity index (χ3v) is 4.14. The summed E-state index contributed by atoms with van der Waals surface area (Å²) in [6, 6.07) is 1.34. The van der Waals surface area contributed by atoms with Crippen LogP contribution < -0.4 is 5.32 Å². The van der Waals surface area contributed by atoms with E-state index in [1.807, 2.05) is 18.2 Å². The van der Waals surface area contributed by atoms with Crippen molar-refractivity contribution in [3.63, 3.8) is 0 Å². The molecule has 0 unspecified atom stereocenters. The van der Waals surface area contributed by atoms with E-state index in [0.717, 1.165) is 11.7 Å². The van der Waals surface area contributed by atoms with Crippen molar-refractivity contribution in [2.75, 3.05) is 13.2 Å². The minimum atomic E-state index is -0.346. The van der Waals surface area contributed by atoms with Crippen molar-refractivity contribution in [2.24, 2.45) is 21.8 Å². The Morgan fingerprint density at radius 2 is 1.70 bits per heavy atom. The van der Waals surface area contributed by atoms with Crippen molar-refractivity contribution in [2.45, 2.75) is 39.8 Å². The monoisotopic (exact) mass is 501 g/mol. The number of ether oxygens (including phenoxy) is 2. The average Bonchev–Trinajstić information content (AvgIpc) is 3.34. The Hall–Kier alpha value is -0.967. The van der Waals surface area contributed by atoms with Gasteiger partial charge in [0.2, 0.25) is 5.90 Å². The van der Waals surface area contributed by atoms with Crippen molar-refractivity contribution in [3.8, 4) is 0 Å². The number of nitrogens with one attached hydrogen (secondary N) is 1. The summed E-state index contributed by atoms with van der Waals surface area (Å²) in [4.78, 5) is 9.30. The Morgan fingerprint density at radius 1 is 1.15 bits per heavy atom. The van der Waals surface area contributed by atoms with Crippen LogP contribution in [0.1, 0.15) is 27.7 Å². The zero-order chi connectivity index (χ0) is 20.4. The van der Waals surface area contributed by atoms with Gasteiger partial charge >= 0.3 is 34.5 Å². The number of rotatable bonds is 4. The zero-order valence-corrected chi connectivity index (χ0v) is 19.3. The third kappa shape index (κ3) is 7.17. The molecule has 3 aliphatic heterocycles. The molecule has 27 heavy (non-hydrogen) atoms. The molecule has 0 aromatic carbocycles. The van der Waals surface area contributed by atoms with Crippen LogP contribution in [-0.4, -0.2) is 37.1 Å². The van der Waals surface area contributed by atoms with Crippen LogP contribution in [0.15, 0.2) is 40.5 Å². The number of dihydropyridines is 1. The zero-order valence-electron chi connectivity index (χ0n) is 16.1. The fourth-order valence-corrected chi connectivity index (χ4v) is 2.48. The number of nitrogens with zero attached hydrogens (tertiary/aromatic N) is 2. The van der Waals surface area contributed by atoms with Crippen molar-refractivity contribution in [3.05, 3.63) is 43.1 Å². The molecular weight excluding hydrogens is 474 g/mol. The molecule has 0 radical (unpaired) electrons. The minimum absolute atomic E-state index is 0.234. The van der Waals surface area contributed by atoms with Crippen molar-refractivity contribution in [1.29, 1.82) is 0 Å². The first-order valence-electron chi connectivity index (χ1n) is 8.66. The van der Waals surface area contributed by atoms with E-state index >= 15 is 0 Å². The molecule has 0 bridgehead atoms. The van der Waals surface area contributed by atoms with Gasteiger partial charge in [0, 0.05) is 0 Å². The second kappa shape index (κ2) is 12.5. The average molecular weight is 501 g/mol. The summed E-state index contributed by atoms with van der Waals surface area (Å²) in [5, 5.41) is 3.34. The van der Waals surface area contributed by atoms with E-state index in [4.69, 9.17) is 28.9 Å². The van der Waals surface area contributed by atoms with Gasteiger partial charge in [-0.15, -0.1) is 6.08 Å². The van der Waals surface area contributed by atoms with Gasteiger partial charge in [0.25, 0.3) is 0 Å². The van der Waals surface area contributed by atoms with Crippen LogP contribution in [0.4, 0.5) is 0 Å². The first-order chi connectivity index (χ1) is 13.0. The molecule has 0 aromatic heterocycles. The fourth-order valence-electron chi connectivity index (χ4n) is 2.48. The Kier molecular flexibility index (Phi) is 11.1. The summed E-state index contributed by atoms with van der Waals surface area (Å²) >= 11 is -0.346. The number of halogens is 2. The summed E-state index contributed by atoms with van der Waals surface area (Å²) in [6.07, 6.45) is 5.92. The maximum absolute atomic E-state index is 5.73. The molecular formula is C19H27Cl2N3O2Ru. The van der Waals surface area contributed by atoms with Crippen LogP contribution in [0.2, 0.25) is 0 Å². The first kappa shape index (κ1) is 24.1. The van der Waals surface area contributed by atoms with Gasteiger partial charge in [-0.1, -0.05) is 33.7 Å². The molecule has 3 rings (SSSR count). The quantitative estimate of drug-likeness (QED) is 0.458. The summed E-state index contributed by atoms with van der Waals surface area (Å²) in [5.74, 6) is 2.32. The van der Waals surface area contributed by atoms with Crippen LogP contribution in [0.5, 0.6) is 0 Å². The predicted molar refractivity (Wildman–Crippen MR) is 109 cm³/mol. The summed E-state index contributed by atoms with van der Waals surface area (Å²) in [7, 11) is 9.71. The van der Waals surface area contributed by atoms with Crippen LogP contribution in [-0.2, 0) is 24.6 Å². The van der Waals surface area contributed by atoms with Gasteiger partial charge < -0.3 is 21.4 Å².